The van der Waals surface area contributed by atoms with Crippen molar-refractivity contribution in [2.75, 3.05) is 12.3 Å². The maximum Gasteiger partial charge on any atom is 0.0650 e. The number of nitrogen functional groups attached to an aromatic ring is 1. The summed E-state index contributed by atoms with van der Waals surface area (Å²) in [7, 11) is 0. The quantitative estimate of drug-likeness (QED) is 0.626. The molecule has 0 unspecified atom stereocenters. The van der Waals surface area contributed by atoms with Crippen LogP contribution in [0.4, 0.5) is 5.69 Å². The summed E-state index contributed by atoms with van der Waals surface area (Å²) in [6, 6.07) is 5.11. The molecular weight excluding hydrogens is 188 g/mol. The molecule has 1 aromatic rings. The lowest BCUT2D eigenvalue weighted by Crippen LogP contribution is -2.36. The Morgan fingerprint density at radius 2 is 2.15 bits per heavy atom. The molecule has 1 aromatic carbocycles. The number of aliphatic hydroxyl groups is 1. The van der Waals surface area contributed by atoms with Gasteiger partial charge in [0.25, 0.3) is 0 Å². The first-order chi connectivity index (χ1) is 5.97. The van der Waals surface area contributed by atoms with Crippen LogP contribution in [0.25, 0.3) is 0 Å². The lowest BCUT2D eigenvalue weighted by molar-refractivity contribution is 0.210. The fourth-order valence-corrected chi connectivity index (χ4v) is 1.11. The molecule has 0 aromatic heterocycles. The molecule has 72 valence electrons. The average molecular weight is 201 g/mol. The van der Waals surface area contributed by atoms with Crippen LogP contribution in [-0.4, -0.2) is 11.7 Å². The van der Waals surface area contributed by atoms with Gasteiger partial charge in [-0.05, 0) is 24.6 Å². The van der Waals surface area contributed by atoms with E-state index in [1.807, 2.05) is 0 Å². The SMILES string of the molecule is C[C@](N)(CO)c1ccc(Cl)c(N)c1. The highest BCUT2D eigenvalue weighted by atomic mass is 35.5. The maximum absolute atomic E-state index is 9.01. The molecule has 5 N–H and O–H groups in total. The number of anilines is 1. The molecule has 0 radical (unpaired) electrons. The van der Waals surface area contributed by atoms with Crippen LogP contribution in [0.5, 0.6) is 0 Å². The van der Waals surface area contributed by atoms with Gasteiger partial charge in [0, 0.05) is 0 Å². The van der Waals surface area contributed by atoms with E-state index in [1.165, 1.54) is 0 Å². The van der Waals surface area contributed by atoms with Crippen LogP contribution in [-0.2, 0) is 5.54 Å². The molecule has 0 bridgehead atoms. The Morgan fingerprint density at radius 3 is 2.62 bits per heavy atom. The second-order valence-electron chi connectivity index (χ2n) is 3.31. The van der Waals surface area contributed by atoms with Crippen LogP contribution < -0.4 is 11.5 Å². The molecule has 0 amide bonds. The van der Waals surface area contributed by atoms with Crippen molar-refractivity contribution in [1.82, 2.24) is 0 Å². The summed E-state index contributed by atoms with van der Waals surface area (Å²) < 4.78 is 0. The first kappa shape index (κ1) is 10.3. The predicted molar refractivity (Wildman–Crippen MR) is 54.5 cm³/mol. The van der Waals surface area contributed by atoms with E-state index in [2.05, 4.69) is 0 Å². The second kappa shape index (κ2) is 3.54. The van der Waals surface area contributed by atoms with Gasteiger partial charge in [0.05, 0.1) is 22.9 Å². The van der Waals surface area contributed by atoms with Crippen molar-refractivity contribution < 1.29 is 5.11 Å². The largest absolute Gasteiger partial charge is 0.398 e. The van der Waals surface area contributed by atoms with Crippen molar-refractivity contribution in [3.8, 4) is 0 Å². The minimum absolute atomic E-state index is 0.131. The summed E-state index contributed by atoms with van der Waals surface area (Å²) in [5.74, 6) is 0. The van der Waals surface area contributed by atoms with Crippen molar-refractivity contribution in [2.45, 2.75) is 12.5 Å². The topological polar surface area (TPSA) is 72.3 Å². The van der Waals surface area contributed by atoms with Gasteiger partial charge in [-0.1, -0.05) is 17.7 Å². The minimum Gasteiger partial charge on any atom is -0.398 e. The zero-order chi connectivity index (χ0) is 10.1. The van der Waals surface area contributed by atoms with Gasteiger partial charge < -0.3 is 16.6 Å². The number of hydrogen-bond acceptors (Lipinski definition) is 3. The summed E-state index contributed by atoms with van der Waals surface area (Å²) in [5.41, 5.74) is 11.9. The minimum atomic E-state index is -0.765. The van der Waals surface area contributed by atoms with Gasteiger partial charge in [-0.2, -0.15) is 0 Å². The lowest BCUT2D eigenvalue weighted by Gasteiger charge is -2.22. The molecule has 13 heavy (non-hydrogen) atoms. The molecule has 0 saturated carbocycles. The van der Waals surface area contributed by atoms with E-state index in [9.17, 15) is 0 Å². The van der Waals surface area contributed by atoms with Gasteiger partial charge >= 0.3 is 0 Å². The van der Waals surface area contributed by atoms with Crippen molar-refractivity contribution in [3.05, 3.63) is 28.8 Å². The molecular formula is C9H13ClN2O. The molecule has 0 aliphatic carbocycles. The molecule has 0 saturated heterocycles. The van der Waals surface area contributed by atoms with Crippen molar-refractivity contribution in [3.63, 3.8) is 0 Å². The van der Waals surface area contributed by atoms with E-state index in [0.29, 0.717) is 10.7 Å². The standard InChI is InChI=1S/C9H13ClN2O/c1-9(12,5-13)6-2-3-7(10)8(11)4-6/h2-4,13H,5,11-12H2,1H3/t9-/m0/s1. The first-order valence-electron chi connectivity index (χ1n) is 3.92. The van der Waals surface area contributed by atoms with Crippen LogP contribution >= 0.6 is 11.6 Å². The van der Waals surface area contributed by atoms with Gasteiger partial charge in [0.2, 0.25) is 0 Å². The maximum atomic E-state index is 9.01. The smallest absolute Gasteiger partial charge is 0.0650 e. The van der Waals surface area contributed by atoms with E-state index in [0.717, 1.165) is 5.56 Å². The van der Waals surface area contributed by atoms with Crippen molar-refractivity contribution in [1.29, 1.82) is 0 Å². The number of rotatable bonds is 2. The van der Waals surface area contributed by atoms with Gasteiger partial charge in [-0.15, -0.1) is 0 Å². The molecule has 0 aliphatic rings. The summed E-state index contributed by atoms with van der Waals surface area (Å²) in [6.45, 7) is 1.60. The molecule has 1 rings (SSSR count). The Kier molecular flexibility index (Phi) is 2.81. The van der Waals surface area contributed by atoms with Crippen molar-refractivity contribution in [2.24, 2.45) is 5.73 Å². The van der Waals surface area contributed by atoms with Crippen molar-refractivity contribution >= 4 is 17.3 Å². The average Bonchev–Trinajstić information content (AvgIpc) is 2.09. The highest BCUT2D eigenvalue weighted by Gasteiger charge is 2.20. The van der Waals surface area contributed by atoms with Crippen LogP contribution in [0.1, 0.15) is 12.5 Å². The highest BCUT2D eigenvalue weighted by Crippen LogP contribution is 2.24. The molecule has 3 nitrogen and oxygen atoms in total. The van der Waals surface area contributed by atoms with E-state index in [-0.39, 0.29) is 6.61 Å². The number of benzene rings is 1. The summed E-state index contributed by atoms with van der Waals surface area (Å²) in [4.78, 5) is 0. The molecule has 0 aliphatic heterocycles. The van der Waals surface area contributed by atoms with Crippen LogP contribution in [0, 0.1) is 0 Å². The Labute approximate surface area is 82.3 Å². The third kappa shape index (κ3) is 2.12. The number of halogens is 1. The van der Waals surface area contributed by atoms with Crippen LogP contribution in [0.2, 0.25) is 5.02 Å². The fourth-order valence-electron chi connectivity index (χ4n) is 0.990. The lowest BCUT2D eigenvalue weighted by atomic mass is 9.94. The van der Waals surface area contributed by atoms with E-state index >= 15 is 0 Å². The second-order valence-corrected chi connectivity index (χ2v) is 3.72. The molecule has 0 heterocycles. The molecule has 0 spiro atoms. The Bertz CT molecular complexity index is 312. The van der Waals surface area contributed by atoms with Gasteiger partial charge in [-0.3, -0.25) is 0 Å². The monoisotopic (exact) mass is 200 g/mol. The number of nitrogens with two attached hydrogens (primary N) is 2. The van der Waals surface area contributed by atoms with Crippen LogP contribution in [0.3, 0.4) is 0 Å². The Morgan fingerprint density at radius 1 is 1.54 bits per heavy atom. The summed E-state index contributed by atoms with van der Waals surface area (Å²) in [6.07, 6.45) is 0. The molecule has 1 atom stereocenters. The third-order valence-corrected chi connectivity index (χ3v) is 2.33. The number of hydrogen-bond donors (Lipinski definition) is 3. The number of aliphatic hydroxyl groups excluding tert-OH is 1. The predicted octanol–water partition coefficient (Wildman–Crippen LogP) is 1.09. The molecule has 4 heteroatoms. The zero-order valence-corrected chi connectivity index (χ0v) is 8.17. The van der Waals surface area contributed by atoms with Gasteiger partial charge in [-0.25, -0.2) is 0 Å². The Balaban J connectivity index is 3.10. The first-order valence-corrected chi connectivity index (χ1v) is 4.30. The summed E-state index contributed by atoms with van der Waals surface area (Å²) >= 11 is 5.75. The van der Waals surface area contributed by atoms with E-state index in [1.54, 1.807) is 25.1 Å². The third-order valence-electron chi connectivity index (χ3n) is 1.98. The summed E-state index contributed by atoms with van der Waals surface area (Å²) in [5, 5.41) is 9.51. The zero-order valence-electron chi connectivity index (χ0n) is 7.42. The van der Waals surface area contributed by atoms with E-state index in [4.69, 9.17) is 28.2 Å². The van der Waals surface area contributed by atoms with E-state index < -0.39 is 5.54 Å². The van der Waals surface area contributed by atoms with Gasteiger partial charge in [0.15, 0.2) is 0 Å². The molecule has 0 fully saturated rings. The van der Waals surface area contributed by atoms with Gasteiger partial charge in [0.1, 0.15) is 0 Å². The normalized spacial score (nSPS) is 15.4. The Hall–Kier alpha value is -0.770. The fraction of sp³-hybridized carbons (Fsp3) is 0.333. The highest BCUT2D eigenvalue weighted by molar-refractivity contribution is 6.33. The van der Waals surface area contributed by atoms with Crippen LogP contribution in [0.15, 0.2) is 18.2 Å².